The van der Waals surface area contributed by atoms with Crippen LogP contribution in [0.25, 0.3) is 0 Å². The van der Waals surface area contributed by atoms with Gasteiger partial charge in [-0.1, -0.05) is 24.8 Å². The minimum Gasteiger partial charge on any atom is -0.489 e. The highest BCUT2D eigenvalue weighted by atomic mass is 16.7. The van der Waals surface area contributed by atoms with E-state index in [-0.39, 0.29) is 6.79 Å². The molecule has 2 aromatic carbocycles. The molecule has 4 rings (SSSR count). The van der Waals surface area contributed by atoms with Crippen molar-refractivity contribution in [3.63, 3.8) is 0 Å². The van der Waals surface area contributed by atoms with Gasteiger partial charge in [0.2, 0.25) is 6.79 Å². The first-order valence-electron chi connectivity index (χ1n) is 12.9. The molecule has 0 bridgehead atoms. The average molecular weight is 574 g/mol. The van der Waals surface area contributed by atoms with Crippen molar-refractivity contribution in [1.82, 2.24) is 4.90 Å². The topological polar surface area (TPSA) is 183 Å². The first-order valence-corrected chi connectivity index (χ1v) is 12.9. The third kappa shape index (κ3) is 8.93. The number of ether oxygens (including phenoxy) is 3. The fourth-order valence-electron chi connectivity index (χ4n) is 4.47. The minimum absolute atomic E-state index is 0.250. The summed E-state index contributed by atoms with van der Waals surface area (Å²) >= 11 is 0. The van der Waals surface area contributed by atoms with Crippen LogP contribution >= 0.6 is 0 Å². The molecule has 0 saturated carbocycles. The van der Waals surface area contributed by atoms with Crippen molar-refractivity contribution >= 4 is 17.9 Å². The molecule has 12 heteroatoms. The second-order valence-electron chi connectivity index (χ2n) is 10.2. The number of rotatable bonds is 11. The summed E-state index contributed by atoms with van der Waals surface area (Å²) in [6.45, 7) is 9.14. The number of piperidine rings is 1. The first-order chi connectivity index (χ1) is 19.3. The van der Waals surface area contributed by atoms with E-state index in [0.29, 0.717) is 19.4 Å². The van der Waals surface area contributed by atoms with E-state index < -0.39 is 42.0 Å². The maximum Gasteiger partial charge on any atom is 0.336 e. The van der Waals surface area contributed by atoms with Gasteiger partial charge >= 0.3 is 17.9 Å². The molecule has 41 heavy (non-hydrogen) atoms. The molecule has 222 valence electrons. The van der Waals surface area contributed by atoms with E-state index in [4.69, 9.17) is 34.6 Å². The molecule has 0 spiro atoms. The van der Waals surface area contributed by atoms with E-state index in [2.05, 4.69) is 23.6 Å². The Hall–Kier alpha value is -4.13. The second kappa shape index (κ2) is 13.5. The highest BCUT2D eigenvalue weighted by Gasteiger charge is 2.41. The molecule has 0 aliphatic carbocycles. The minimum atomic E-state index is -2.74. The summed E-state index contributed by atoms with van der Waals surface area (Å²) in [4.78, 5) is 32.9. The number of carboxylic acids is 3. The number of fused-ring (bicyclic) bond motifs is 1. The zero-order chi connectivity index (χ0) is 30.2. The third-order valence-corrected chi connectivity index (χ3v) is 6.67. The van der Waals surface area contributed by atoms with Crippen LogP contribution in [-0.4, -0.2) is 80.4 Å². The van der Waals surface area contributed by atoms with Crippen molar-refractivity contribution in [1.29, 1.82) is 0 Å². The van der Waals surface area contributed by atoms with Crippen molar-refractivity contribution in [3.8, 4) is 17.2 Å². The maximum atomic E-state index is 11.2. The zero-order valence-electron chi connectivity index (χ0n) is 22.7. The van der Waals surface area contributed by atoms with Gasteiger partial charge in [0, 0.05) is 19.6 Å². The molecule has 5 N–H and O–H groups in total. The molecular formula is C29H35NO11. The van der Waals surface area contributed by atoms with Gasteiger partial charge in [-0.15, -0.1) is 0 Å². The molecule has 2 aliphatic heterocycles. The molecule has 12 nitrogen and oxygen atoms in total. The highest BCUT2D eigenvalue weighted by molar-refractivity contribution is 5.88. The van der Waals surface area contributed by atoms with Crippen LogP contribution in [0.1, 0.15) is 43.7 Å². The van der Waals surface area contributed by atoms with Gasteiger partial charge in [0.05, 0.1) is 18.4 Å². The number of nitrogens with zero attached hydrogens (tertiary/aromatic N) is 1. The molecule has 2 aliphatic rings. The SMILES string of the molecule is C=C(C)COc1cccc(CN2CCC(O)(c3ccc4c(c3)OCO4)CC2)c1.O=C(O)CC(O)(CC(=O)O)C(=O)O. The lowest BCUT2D eigenvalue weighted by Crippen LogP contribution is -2.42. The van der Waals surface area contributed by atoms with Crippen LogP contribution in [0.15, 0.2) is 54.6 Å². The number of hydrogen-bond donors (Lipinski definition) is 5. The van der Waals surface area contributed by atoms with E-state index in [1.54, 1.807) is 0 Å². The normalized spacial score (nSPS) is 15.8. The van der Waals surface area contributed by atoms with Crippen LogP contribution in [0, 0.1) is 0 Å². The van der Waals surface area contributed by atoms with Crippen LogP contribution in [0.3, 0.4) is 0 Å². The zero-order valence-corrected chi connectivity index (χ0v) is 22.7. The van der Waals surface area contributed by atoms with Gasteiger partial charge < -0.3 is 39.7 Å². The van der Waals surface area contributed by atoms with Crippen molar-refractivity contribution in [2.24, 2.45) is 0 Å². The Morgan fingerprint density at radius 3 is 2.22 bits per heavy atom. The summed E-state index contributed by atoms with van der Waals surface area (Å²) in [5, 5.41) is 45.0. The van der Waals surface area contributed by atoms with Crippen LogP contribution in [0.4, 0.5) is 0 Å². The second-order valence-corrected chi connectivity index (χ2v) is 10.2. The van der Waals surface area contributed by atoms with E-state index in [0.717, 1.165) is 48.0 Å². The predicted octanol–water partition coefficient (Wildman–Crippen LogP) is 2.61. The predicted molar refractivity (Wildman–Crippen MR) is 145 cm³/mol. The number of likely N-dealkylation sites (tertiary alicyclic amines) is 1. The Kier molecular flexibility index (Phi) is 10.3. The first kappa shape index (κ1) is 31.4. The third-order valence-electron chi connectivity index (χ3n) is 6.67. The van der Waals surface area contributed by atoms with E-state index in [1.807, 2.05) is 37.3 Å². The summed E-state index contributed by atoms with van der Waals surface area (Å²) in [5.41, 5.74) is -0.426. The fraction of sp³-hybridized carbons (Fsp3) is 0.414. The molecule has 0 unspecified atom stereocenters. The molecule has 2 heterocycles. The quantitative estimate of drug-likeness (QED) is 0.248. The van der Waals surface area contributed by atoms with Gasteiger partial charge in [0.1, 0.15) is 12.4 Å². The number of carbonyl (C=O) groups is 3. The molecule has 0 aromatic heterocycles. The van der Waals surface area contributed by atoms with E-state index in [1.165, 1.54) is 5.56 Å². The number of aliphatic hydroxyl groups is 2. The van der Waals surface area contributed by atoms with Crippen molar-refractivity contribution in [3.05, 3.63) is 65.7 Å². The van der Waals surface area contributed by atoms with Crippen molar-refractivity contribution < 1.29 is 54.1 Å². The molecule has 1 saturated heterocycles. The molecular weight excluding hydrogens is 538 g/mol. The lowest BCUT2D eigenvalue weighted by Gasteiger charge is -2.38. The van der Waals surface area contributed by atoms with Gasteiger partial charge in [-0.2, -0.15) is 0 Å². The van der Waals surface area contributed by atoms with Crippen LogP contribution < -0.4 is 14.2 Å². The van der Waals surface area contributed by atoms with Gasteiger partial charge in [-0.3, -0.25) is 14.5 Å². The van der Waals surface area contributed by atoms with Gasteiger partial charge in [0.25, 0.3) is 0 Å². The standard InChI is InChI=1S/C23H27NO4.C6H8O7/c1-17(2)15-26-20-5-3-4-18(12-20)14-24-10-8-23(25,9-11-24)19-6-7-21-22(13-19)28-16-27-21;7-3(8)1-6(13,5(11)12)2-4(9)10/h3-7,12-13,25H,1,8-11,14-16H2,2H3;13H,1-2H2,(H,7,8)(H,9,10)(H,11,12). The maximum absolute atomic E-state index is 11.2. The lowest BCUT2D eigenvalue weighted by molar-refractivity contribution is -0.170. The Balaban J connectivity index is 0.000000302. The van der Waals surface area contributed by atoms with Gasteiger partial charge in [0.15, 0.2) is 17.1 Å². The lowest BCUT2D eigenvalue weighted by atomic mass is 9.84. The molecule has 0 radical (unpaired) electrons. The van der Waals surface area contributed by atoms with Gasteiger partial charge in [-0.25, -0.2) is 4.79 Å². The smallest absolute Gasteiger partial charge is 0.336 e. The summed E-state index contributed by atoms with van der Waals surface area (Å²) in [7, 11) is 0. The Labute approximate surface area is 237 Å². The summed E-state index contributed by atoms with van der Waals surface area (Å²) in [5.74, 6) is -2.68. The molecule has 1 fully saturated rings. The van der Waals surface area contributed by atoms with Crippen LogP contribution in [0.2, 0.25) is 0 Å². The number of benzene rings is 2. The molecule has 2 aromatic rings. The van der Waals surface area contributed by atoms with Gasteiger partial charge in [-0.05, 0) is 60.7 Å². The Bertz CT molecular complexity index is 1250. The summed E-state index contributed by atoms with van der Waals surface area (Å²) in [6.07, 6.45) is -0.903. The Morgan fingerprint density at radius 2 is 1.63 bits per heavy atom. The number of aliphatic carboxylic acids is 3. The monoisotopic (exact) mass is 573 g/mol. The number of carboxylic acid groups (broad SMARTS) is 3. The Morgan fingerprint density at radius 1 is 1.00 bits per heavy atom. The van der Waals surface area contributed by atoms with Crippen LogP contribution in [0.5, 0.6) is 17.2 Å². The van der Waals surface area contributed by atoms with Crippen molar-refractivity contribution in [2.45, 2.75) is 50.4 Å². The highest BCUT2D eigenvalue weighted by Crippen LogP contribution is 2.39. The molecule has 0 amide bonds. The van der Waals surface area contributed by atoms with E-state index >= 15 is 0 Å². The number of hydrogen-bond acceptors (Lipinski definition) is 9. The van der Waals surface area contributed by atoms with Crippen LogP contribution in [-0.2, 0) is 26.5 Å². The molecule has 0 atom stereocenters. The van der Waals surface area contributed by atoms with E-state index in [9.17, 15) is 19.5 Å². The van der Waals surface area contributed by atoms with Crippen molar-refractivity contribution in [2.75, 3.05) is 26.5 Å². The summed E-state index contributed by atoms with van der Waals surface area (Å²) in [6, 6.07) is 14.0. The largest absolute Gasteiger partial charge is 0.489 e. The fourth-order valence-corrected chi connectivity index (χ4v) is 4.47. The average Bonchev–Trinajstić information content (AvgIpc) is 3.37. The summed E-state index contributed by atoms with van der Waals surface area (Å²) < 4.78 is 16.6.